The second kappa shape index (κ2) is 6.73. The van der Waals surface area contributed by atoms with Crippen molar-refractivity contribution in [3.8, 4) is 0 Å². The lowest BCUT2D eigenvalue weighted by Crippen LogP contribution is -2.29. The molecule has 0 saturated carbocycles. The molecule has 2 aromatic rings. The summed E-state index contributed by atoms with van der Waals surface area (Å²) in [7, 11) is 0. The van der Waals surface area contributed by atoms with Crippen molar-refractivity contribution < 1.29 is 0 Å². The van der Waals surface area contributed by atoms with E-state index < -0.39 is 0 Å². The summed E-state index contributed by atoms with van der Waals surface area (Å²) in [5.41, 5.74) is 4.87. The third kappa shape index (κ3) is 3.71. The first-order valence-electron chi connectivity index (χ1n) is 5.76. The highest BCUT2D eigenvalue weighted by atomic mass is 79.9. The Hall–Kier alpha value is -0.580. The van der Waals surface area contributed by atoms with Gasteiger partial charge in [0.25, 0.3) is 0 Å². The maximum atomic E-state index is 6.19. The van der Waals surface area contributed by atoms with Crippen molar-refractivity contribution in [2.75, 3.05) is 0 Å². The molecular weight excluding hydrogens is 347 g/mol. The fourth-order valence-corrected chi connectivity index (χ4v) is 2.89. The molecule has 0 aromatic heterocycles. The van der Waals surface area contributed by atoms with E-state index in [1.165, 1.54) is 0 Å². The average Bonchev–Trinajstić information content (AvgIpc) is 2.41. The Balaban J connectivity index is 2.29. The quantitative estimate of drug-likeness (QED) is 0.622. The van der Waals surface area contributed by atoms with Gasteiger partial charge in [-0.3, -0.25) is 11.3 Å². The van der Waals surface area contributed by atoms with E-state index in [1.807, 2.05) is 30.3 Å². The fourth-order valence-electron chi connectivity index (χ4n) is 1.94. The molecule has 0 aliphatic rings. The first-order chi connectivity index (χ1) is 9.11. The van der Waals surface area contributed by atoms with Crippen LogP contribution in [-0.2, 0) is 6.42 Å². The van der Waals surface area contributed by atoms with Crippen LogP contribution in [0.5, 0.6) is 0 Å². The van der Waals surface area contributed by atoms with Gasteiger partial charge in [0.05, 0.1) is 6.04 Å². The smallest absolute Gasteiger partial charge is 0.0512 e. The van der Waals surface area contributed by atoms with Gasteiger partial charge in [0, 0.05) is 14.5 Å². The second-order valence-electron chi connectivity index (χ2n) is 4.18. The molecule has 2 nitrogen and oxygen atoms in total. The Morgan fingerprint density at radius 1 is 1.16 bits per heavy atom. The van der Waals surface area contributed by atoms with Crippen LogP contribution in [-0.4, -0.2) is 0 Å². The molecule has 0 fully saturated rings. The molecule has 0 radical (unpaired) electrons. The summed E-state index contributed by atoms with van der Waals surface area (Å²) in [5.74, 6) is 5.66. The third-order valence-electron chi connectivity index (χ3n) is 2.91. The van der Waals surface area contributed by atoms with Crippen LogP contribution < -0.4 is 11.3 Å². The number of hydrazine groups is 1. The van der Waals surface area contributed by atoms with E-state index in [4.69, 9.17) is 29.0 Å². The molecule has 2 rings (SSSR count). The van der Waals surface area contributed by atoms with Crippen LogP contribution in [0.1, 0.15) is 17.2 Å². The Bertz CT molecular complexity index is 575. The molecule has 0 bridgehead atoms. The minimum absolute atomic E-state index is 0.0356. The Morgan fingerprint density at radius 2 is 1.89 bits per heavy atom. The number of nitrogens with one attached hydrogen (secondary N) is 1. The molecule has 0 aliphatic carbocycles. The molecule has 2 aromatic carbocycles. The van der Waals surface area contributed by atoms with Gasteiger partial charge in [-0.1, -0.05) is 57.3 Å². The SMILES string of the molecule is NNC(Cc1cc(Cl)ccc1Cl)c1ccccc1Br. The minimum atomic E-state index is -0.0356. The first-order valence-corrected chi connectivity index (χ1v) is 7.31. The van der Waals surface area contributed by atoms with E-state index in [-0.39, 0.29) is 6.04 Å². The van der Waals surface area contributed by atoms with Crippen LogP contribution in [0.2, 0.25) is 10.0 Å². The van der Waals surface area contributed by atoms with Crippen LogP contribution >= 0.6 is 39.1 Å². The highest BCUT2D eigenvalue weighted by Crippen LogP contribution is 2.29. The van der Waals surface area contributed by atoms with Crippen molar-refractivity contribution in [3.05, 3.63) is 68.1 Å². The number of hydrogen-bond acceptors (Lipinski definition) is 2. The van der Waals surface area contributed by atoms with Crippen LogP contribution in [0.3, 0.4) is 0 Å². The molecule has 100 valence electrons. The van der Waals surface area contributed by atoms with E-state index in [9.17, 15) is 0 Å². The van der Waals surface area contributed by atoms with Crippen molar-refractivity contribution in [3.63, 3.8) is 0 Å². The molecule has 0 heterocycles. The minimum Gasteiger partial charge on any atom is -0.271 e. The molecule has 5 heteroatoms. The number of halogens is 3. The lowest BCUT2D eigenvalue weighted by Gasteiger charge is -2.18. The van der Waals surface area contributed by atoms with Gasteiger partial charge in [-0.25, -0.2) is 0 Å². The van der Waals surface area contributed by atoms with Gasteiger partial charge in [0.1, 0.15) is 0 Å². The van der Waals surface area contributed by atoms with Gasteiger partial charge in [-0.15, -0.1) is 0 Å². The normalized spacial score (nSPS) is 12.4. The summed E-state index contributed by atoms with van der Waals surface area (Å²) >= 11 is 15.7. The van der Waals surface area contributed by atoms with E-state index in [0.29, 0.717) is 16.5 Å². The van der Waals surface area contributed by atoms with E-state index in [1.54, 1.807) is 12.1 Å². The monoisotopic (exact) mass is 358 g/mol. The van der Waals surface area contributed by atoms with Crippen molar-refractivity contribution in [2.24, 2.45) is 5.84 Å². The number of hydrogen-bond donors (Lipinski definition) is 2. The van der Waals surface area contributed by atoms with Crippen LogP contribution in [0.25, 0.3) is 0 Å². The Kier molecular flexibility index (Phi) is 5.25. The summed E-state index contributed by atoms with van der Waals surface area (Å²) < 4.78 is 1.01. The lowest BCUT2D eigenvalue weighted by atomic mass is 9.99. The summed E-state index contributed by atoms with van der Waals surface area (Å²) in [4.78, 5) is 0. The fraction of sp³-hybridized carbons (Fsp3) is 0.143. The largest absolute Gasteiger partial charge is 0.271 e. The Labute approximate surface area is 131 Å². The van der Waals surface area contributed by atoms with Crippen LogP contribution in [0.15, 0.2) is 46.9 Å². The lowest BCUT2D eigenvalue weighted by molar-refractivity contribution is 0.550. The van der Waals surface area contributed by atoms with E-state index in [2.05, 4.69) is 21.4 Å². The van der Waals surface area contributed by atoms with E-state index in [0.717, 1.165) is 15.6 Å². The molecule has 0 aliphatic heterocycles. The van der Waals surface area contributed by atoms with E-state index >= 15 is 0 Å². The molecule has 0 saturated heterocycles. The van der Waals surface area contributed by atoms with Gasteiger partial charge < -0.3 is 0 Å². The van der Waals surface area contributed by atoms with Gasteiger partial charge in [0.2, 0.25) is 0 Å². The van der Waals surface area contributed by atoms with Crippen molar-refractivity contribution >= 4 is 39.1 Å². The molecule has 19 heavy (non-hydrogen) atoms. The van der Waals surface area contributed by atoms with Crippen LogP contribution in [0, 0.1) is 0 Å². The first kappa shape index (κ1) is 14.8. The van der Waals surface area contributed by atoms with Crippen molar-refractivity contribution in [1.29, 1.82) is 0 Å². The molecule has 1 atom stereocenters. The average molecular weight is 360 g/mol. The zero-order valence-corrected chi connectivity index (χ0v) is 13.1. The highest BCUT2D eigenvalue weighted by molar-refractivity contribution is 9.10. The summed E-state index contributed by atoms with van der Waals surface area (Å²) in [6.07, 6.45) is 0.665. The molecule has 0 spiro atoms. The summed E-state index contributed by atoms with van der Waals surface area (Å²) in [6, 6.07) is 13.4. The molecule has 3 N–H and O–H groups in total. The van der Waals surface area contributed by atoms with Gasteiger partial charge in [0.15, 0.2) is 0 Å². The van der Waals surface area contributed by atoms with Crippen molar-refractivity contribution in [2.45, 2.75) is 12.5 Å². The highest BCUT2D eigenvalue weighted by Gasteiger charge is 2.15. The number of nitrogens with two attached hydrogens (primary N) is 1. The predicted molar refractivity (Wildman–Crippen MR) is 84.4 cm³/mol. The van der Waals surface area contributed by atoms with Gasteiger partial charge >= 0.3 is 0 Å². The topological polar surface area (TPSA) is 38.0 Å². The maximum Gasteiger partial charge on any atom is 0.0512 e. The molecule has 1 unspecified atom stereocenters. The molecule has 0 amide bonds. The third-order valence-corrected chi connectivity index (χ3v) is 4.24. The Morgan fingerprint density at radius 3 is 2.58 bits per heavy atom. The number of rotatable bonds is 4. The summed E-state index contributed by atoms with van der Waals surface area (Å²) in [6.45, 7) is 0. The summed E-state index contributed by atoms with van der Waals surface area (Å²) in [5, 5.41) is 1.36. The van der Waals surface area contributed by atoms with Crippen LogP contribution in [0.4, 0.5) is 0 Å². The second-order valence-corrected chi connectivity index (χ2v) is 5.88. The zero-order chi connectivity index (χ0) is 13.8. The number of benzene rings is 2. The maximum absolute atomic E-state index is 6.19. The molecular formula is C14H13BrCl2N2. The standard InChI is InChI=1S/C14H13BrCl2N2/c15-12-4-2-1-3-11(12)14(19-18)8-9-7-10(16)5-6-13(9)17/h1-7,14,19H,8,18H2. The van der Waals surface area contributed by atoms with Gasteiger partial charge in [-0.05, 0) is 41.8 Å². The zero-order valence-electron chi connectivity index (χ0n) is 10.0. The predicted octanol–water partition coefficient (Wildman–Crippen LogP) is 4.50. The van der Waals surface area contributed by atoms with Crippen molar-refractivity contribution in [1.82, 2.24) is 5.43 Å². The van der Waals surface area contributed by atoms with Gasteiger partial charge in [-0.2, -0.15) is 0 Å².